The Kier molecular flexibility index (Phi) is 9.89. The first kappa shape index (κ1) is 19.0. The van der Waals surface area contributed by atoms with Crippen LogP contribution in [0.5, 0.6) is 0 Å². The van der Waals surface area contributed by atoms with Gasteiger partial charge in [0.2, 0.25) is 0 Å². The van der Waals surface area contributed by atoms with Crippen molar-refractivity contribution in [1.29, 1.82) is 0 Å². The van der Waals surface area contributed by atoms with E-state index in [2.05, 4.69) is 4.98 Å². The van der Waals surface area contributed by atoms with Crippen LogP contribution in [0.15, 0.2) is 18.2 Å². The van der Waals surface area contributed by atoms with E-state index in [1.54, 1.807) is 0 Å². The number of hydrogen-bond acceptors (Lipinski definition) is 7. The Balaban J connectivity index is 2.35. The Hall–Kier alpha value is -1.09. The van der Waals surface area contributed by atoms with Gasteiger partial charge in [-0.1, -0.05) is 6.07 Å². The number of rotatable bonds is 12. The summed E-state index contributed by atoms with van der Waals surface area (Å²) in [5.41, 5.74) is 1.47. The highest BCUT2D eigenvalue weighted by atomic mass is 16.5. The van der Waals surface area contributed by atoms with Gasteiger partial charge in [-0.15, -0.1) is 0 Å². The van der Waals surface area contributed by atoms with Gasteiger partial charge in [-0.3, -0.25) is 4.98 Å². The molecule has 1 aromatic rings. The third-order valence-corrected chi connectivity index (χ3v) is 3.10. The SMILES string of the molecule is OCC(CO)COCc1cccc(COCC(CO)CO)n1. The van der Waals surface area contributed by atoms with Gasteiger partial charge in [0.25, 0.3) is 0 Å². The second kappa shape index (κ2) is 11.5. The van der Waals surface area contributed by atoms with Crippen molar-refractivity contribution >= 4 is 0 Å². The van der Waals surface area contributed by atoms with Crippen LogP contribution in [0.1, 0.15) is 11.4 Å². The normalized spacial score (nSPS) is 11.5. The first-order valence-corrected chi connectivity index (χ1v) is 7.27. The topological polar surface area (TPSA) is 112 Å². The highest BCUT2D eigenvalue weighted by Gasteiger charge is 2.08. The van der Waals surface area contributed by atoms with Gasteiger partial charge in [-0.2, -0.15) is 0 Å². The van der Waals surface area contributed by atoms with Crippen LogP contribution in [0.3, 0.4) is 0 Å². The van der Waals surface area contributed by atoms with E-state index in [0.717, 1.165) is 11.4 Å². The number of hydrogen-bond donors (Lipinski definition) is 4. The van der Waals surface area contributed by atoms with Gasteiger partial charge in [0.05, 0.1) is 64.2 Å². The molecule has 0 fully saturated rings. The van der Waals surface area contributed by atoms with Gasteiger partial charge in [-0.25, -0.2) is 0 Å². The van der Waals surface area contributed by atoms with E-state index in [4.69, 9.17) is 29.9 Å². The van der Waals surface area contributed by atoms with Crippen molar-refractivity contribution in [2.24, 2.45) is 11.8 Å². The van der Waals surface area contributed by atoms with Gasteiger partial charge in [0, 0.05) is 11.8 Å². The van der Waals surface area contributed by atoms with Crippen molar-refractivity contribution in [2.45, 2.75) is 13.2 Å². The molecule has 0 radical (unpaired) electrons. The summed E-state index contributed by atoms with van der Waals surface area (Å²) in [5, 5.41) is 35.8. The summed E-state index contributed by atoms with van der Waals surface area (Å²) in [6, 6.07) is 5.48. The molecule has 1 rings (SSSR count). The Morgan fingerprint density at radius 2 is 1.18 bits per heavy atom. The molecule has 0 bridgehead atoms. The van der Waals surface area contributed by atoms with Crippen LogP contribution >= 0.6 is 0 Å². The highest BCUT2D eigenvalue weighted by Crippen LogP contribution is 2.05. The van der Waals surface area contributed by atoms with E-state index >= 15 is 0 Å². The number of ether oxygens (including phenoxy) is 2. The molecule has 0 atom stereocenters. The molecule has 7 heteroatoms. The minimum Gasteiger partial charge on any atom is -0.396 e. The zero-order chi connectivity index (χ0) is 16.2. The van der Waals surface area contributed by atoms with Crippen LogP contribution in [0, 0.1) is 11.8 Å². The predicted octanol–water partition coefficient (Wildman–Crippen LogP) is -0.684. The summed E-state index contributed by atoms with van der Waals surface area (Å²) >= 11 is 0. The van der Waals surface area contributed by atoms with Crippen molar-refractivity contribution in [2.75, 3.05) is 39.6 Å². The maximum absolute atomic E-state index is 8.94. The number of aliphatic hydroxyl groups excluding tert-OH is 4. The number of aromatic nitrogens is 1. The maximum atomic E-state index is 8.94. The fourth-order valence-electron chi connectivity index (χ4n) is 1.68. The smallest absolute Gasteiger partial charge is 0.0888 e. The average molecular weight is 315 g/mol. The quantitative estimate of drug-likeness (QED) is 0.404. The molecule has 0 aliphatic carbocycles. The lowest BCUT2D eigenvalue weighted by Gasteiger charge is -2.12. The molecule has 0 amide bonds. The van der Waals surface area contributed by atoms with Crippen molar-refractivity contribution in [3.63, 3.8) is 0 Å². The third kappa shape index (κ3) is 7.26. The van der Waals surface area contributed by atoms with E-state index in [0.29, 0.717) is 13.2 Å². The fraction of sp³-hybridized carbons (Fsp3) is 0.667. The van der Waals surface area contributed by atoms with Crippen LogP contribution < -0.4 is 0 Å². The van der Waals surface area contributed by atoms with Gasteiger partial charge in [-0.05, 0) is 12.1 Å². The zero-order valence-electron chi connectivity index (χ0n) is 12.6. The highest BCUT2D eigenvalue weighted by molar-refractivity contribution is 5.09. The molecular formula is C15H25NO6. The minimum absolute atomic E-state index is 0.116. The van der Waals surface area contributed by atoms with E-state index in [1.165, 1.54) is 0 Å². The van der Waals surface area contributed by atoms with Crippen molar-refractivity contribution in [1.82, 2.24) is 4.98 Å². The molecule has 0 saturated carbocycles. The minimum atomic E-state index is -0.277. The van der Waals surface area contributed by atoms with Crippen molar-refractivity contribution in [3.8, 4) is 0 Å². The first-order valence-electron chi connectivity index (χ1n) is 7.27. The van der Waals surface area contributed by atoms with Gasteiger partial charge in [0.1, 0.15) is 0 Å². The number of pyridine rings is 1. The molecule has 0 unspecified atom stereocenters. The average Bonchev–Trinajstić information content (AvgIpc) is 2.56. The van der Waals surface area contributed by atoms with Gasteiger partial charge >= 0.3 is 0 Å². The van der Waals surface area contributed by atoms with Gasteiger partial charge < -0.3 is 29.9 Å². The molecule has 0 saturated heterocycles. The monoisotopic (exact) mass is 315 g/mol. The fourth-order valence-corrected chi connectivity index (χ4v) is 1.68. The summed E-state index contributed by atoms with van der Waals surface area (Å²) in [6.07, 6.45) is 0. The molecule has 1 aromatic heterocycles. The van der Waals surface area contributed by atoms with Crippen molar-refractivity contribution < 1.29 is 29.9 Å². The molecular weight excluding hydrogens is 290 g/mol. The van der Waals surface area contributed by atoms with Gasteiger partial charge in [0.15, 0.2) is 0 Å². The maximum Gasteiger partial charge on any atom is 0.0888 e. The molecule has 126 valence electrons. The van der Waals surface area contributed by atoms with Crippen LogP contribution in [0.4, 0.5) is 0 Å². The molecule has 0 spiro atoms. The van der Waals surface area contributed by atoms with Crippen LogP contribution in [-0.2, 0) is 22.7 Å². The molecule has 7 nitrogen and oxygen atoms in total. The largest absolute Gasteiger partial charge is 0.396 e. The molecule has 0 aliphatic rings. The van der Waals surface area contributed by atoms with E-state index in [1.807, 2.05) is 18.2 Å². The van der Waals surface area contributed by atoms with Crippen LogP contribution in [-0.4, -0.2) is 65.1 Å². The summed E-state index contributed by atoms with van der Waals surface area (Å²) in [6.45, 7) is 0.654. The molecule has 0 aromatic carbocycles. The van der Waals surface area contributed by atoms with E-state index in [9.17, 15) is 0 Å². The lowest BCUT2D eigenvalue weighted by molar-refractivity contribution is 0.0331. The molecule has 22 heavy (non-hydrogen) atoms. The summed E-state index contributed by atoms with van der Waals surface area (Å²) in [4.78, 5) is 4.37. The van der Waals surface area contributed by atoms with E-state index < -0.39 is 0 Å². The second-order valence-corrected chi connectivity index (χ2v) is 5.11. The lowest BCUT2D eigenvalue weighted by Crippen LogP contribution is -2.18. The zero-order valence-corrected chi connectivity index (χ0v) is 12.6. The summed E-state index contributed by atoms with van der Waals surface area (Å²) in [7, 11) is 0. The third-order valence-electron chi connectivity index (χ3n) is 3.10. The standard InChI is InChI=1S/C15H25NO6/c17-4-12(5-18)8-21-10-14-2-1-3-15(16-14)11-22-9-13(6-19)7-20/h1-3,12-13,17-20H,4-11H2. The molecule has 0 aliphatic heterocycles. The first-order chi connectivity index (χ1) is 10.7. The Labute approximate surface area is 130 Å². The second-order valence-electron chi connectivity index (χ2n) is 5.11. The number of nitrogens with zero attached hydrogens (tertiary/aromatic N) is 1. The summed E-state index contributed by atoms with van der Waals surface area (Å²) < 4.78 is 10.8. The Morgan fingerprint density at radius 3 is 1.55 bits per heavy atom. The Bertz CT molecular complexity index is 362. The van der Waals surface area contributed by atoms with Crippen LogP contribution in [0.25, 0.3) is 0 Å². The number of aliphatic hydroxyl groups is 4. The van der Waals surface area contributed by atoms with E-state index in [-0.39, 0.29) is 51.5 Å². The Morgan fingerprint density at radius 1 is 0.773 bits per heavy atom. The predicted molar refractivity (Wildman–Crippen MR) is 78.9 cm³/mol. The molecule has 1 heterocycles. The van der Waals surface area contributed by atoms with Crippen molar-refractivity contribution in [3.05, 3.63) is 29.6 Å². The molecule has 4 N–H and O–H groups in total. The summed E-state index contributed by atoms with van der Waals surface area (Å²) in [5.74, 6) is -0.555. The lowest BCUT2D eigenvalue weighted by atomic mass is 10.2. The van der Waals surface area contributed by atoms with Crippen LogP contribution in [0.2, 0.25) is 0 Å².